The normalized spacial score (nSPS) is 21.0. The highest BCUT2D eigenvalue weighted by Gasteiger charge is 2.39. The van der Waals surface area contributed by atoms with E-state index < -0.39 is 6.09 Å². The molecule has 1 aliphatic heterocycles. The third-order valence-electron chi connectivity index (χ3n) is 4.79. The van der Waals surface area contributed by atoms with Crippen LogP contribution in [-0.4, -0.2) is 44.8 Å². The zero-order chi connectivity index (χ0) is 19.1. The summed E-state index contributed by atoms with van der Waals surface area (Å²) in [4.78, 5) is 31.8. The van der Waals surface area contributed by atoms with E-state index >= 15 is 0 Å². The number of hydrogen-bond donors (Lipinski definition) is 2. The molecule has 140 valence electrons. The molecule has 2 N–H and O–H groups in total. The van der Waals surface area contributed by atoms with Crippen LogP contribution in [0.2, 0.25) is 0 Å². The van der Waals surface area contributed by atoms with Gasteiger partial charge in [-0.1, -0.05) is 20.8 Å². The molecule has 1 aliphatic rings. The molecular weight excluding hydrogens is 402 g/mol. The summed E-state index contributed by atoms with van der Waals surface area (Å²) in [6, 6.07) is 3.30. The highest BCUT2D eigenvalue weighted by Crippen LogP contribution is 2.35. The summed E-state index contributed by atoms with van der Waals surface area (Å²) in [5.74, 6) is 0.567. The molecule has 0 bridgehead atoms. The zero-order valence-corrected chi connectivity index (χ0v) is 16.5. The van der Waals surface area contributed by atoms with E-state index in [0.717, 1.165) is 4.47 Å². The Morgan fingerprint density at radius 2 is 2.15 bits per heavy atom. The maximum Gasteiger partial charge on any atom is 0.407 e. The van der Waals surface area contributed by atoms with Crippen molar-refractivity contribution in [2.45, 2.75) is 45.8 Å². The SMILES string of the molecule is CC(C)(C)C1CC(Oc2cc3c(=O)[nH]cnc3cc2Br)CCN1C(=O)O. The fourth-order valence-corrected chi connectivity index (χ4v) is 3.85. The van der Waals surface area contributed by atoms with E-state index in [-0.39, 0.29) is 23.1 Å². The highest BCUT2D eigenvalue weighted by atomic mass is 79.9. The van der Waals surface area contributed by atoms with Crippen LogP contribution in [0.1, 0.15) is 33.6 Å². The predicted molar refractivity (Wildman–Crippen MR) is 102 cm³/mol. The fourth-order valence-electron chi connectivity index (χ4n) is 3.43. The summed E-state index contributed by atoms with van der Waals surface area (Å²) in [5.41, 5.74) is 0.170. The van der Waals surface area contributed by atoms with Gasteiger partial charge >= 0.3 is 6.09 Å². The summed E-state index contributed by atoms with van der Waals surface area (Å²) < 4.78 is 6.87. The number of piperidine rings is 1. The lowest BCUT2D eigenvalue weighted by Crippen LogP contribution is -2.53. The number of carboxylic acid groups (broad SMARTS) is 1. The van der Waals surface area contributed by atoms with Gasteiger partial charge < -0.3 is 19.7 Å². The second-order valence-electron chi connectivity index (χ2n) is 7.65. The summed E-state index contributed by atoms with van der Waals surface area (Å²) in [7, 11) is 0. The number of halogens is 1. The quantitative estimate of drug-likeness (QED) is 0.768. The minimum atomic E-state index is -0.895. The van der Waals surface area contributed by atoms with Gasteiger partial charge in [-0.3, -0.25) is 4.79 Å². The largest absolute Gasteiger partial charge is 0.489 e. The van der Waals surface area contributed by atoms with Gasteiger partial charge in [-0.15, -0.1) is 0 Å². The van der Waals surface area contributed by atoms with Crippen LogP contribution in [0.3, 0.4) is 0 Å². The number of aromatic amines is 1. The second kappa shape index (κ2) is 6.90. The number of carbonyl (C=O) groups is 1. The third-order valence-corrected chi connectivity index (χ3v) is 5.41. The van der Waals surface area contributed by atoms with Gasteiger partial charge in [0.1, 0.15) is 11.9 Å². The average Bonchev–Trinajstić information content (AvgIpc) is 2.55. The Morgan fingerprint density at radius 3 is 2.81 bits per heavy atom. The first kappa shape index (κ1) is 18.7. The zero-order valence-electron chi connectivity index (χ0n) is 15.0. The lowest BCUT2D eigenvalue weighted by molar-refractivity contribution is 0.0128. The Morgan fingerprint density at radius 1 is 1.42 bits per heavy atom. The first-order valence-corrected chi connectivity index (χ1v) is 9.29. The van der Waals surface area contributed by atoms with Crippen LogP contribution in [0.4, 0.5) is 4.79 Å². The Kier molecular flexibility index (Phi) is 4.96. The van der Waals surface area contributed by atoms with Gasteiger partial charge in [-0.05, 0) is 33.5 Å². The predicted octanol–water partition coefficient (Wildman–Crippen LogP) is 3.62. The molecule has 2 atom stereocenters. The van der Waals surface area contributed by atoms with Crippen molar-refractivity contribution in [2.75, 3.05) is 6.54 Å². The first-order chi connectivity index (χ1) is 12.2. The van der Waals surface area contributed by atoms with E-state index in [1.807, 2.05) is 20.8 Å². The molecule has 26 heavy (non-hydrogen) atoms. The molecule has 8 heteroatoms. The number of fused-ring (bicyclic) bond motifs is 1. The molecule has 1 amide bonds. The van der Waals surface area contributed by atoms with Gasteiger partial charge in [-0.25, -0.2) is 9.78 Å². The van der Waals surface area contributed by atoms with E-state index in [0.29, 0.717) is 36.0 Å². The molecule has 0 saturated carbocycles. The van der Waals surface area contributed by atoms with Crippen LogP contribution >= 0.6 is 15.9 Å². The number of ether oxygens (including phenoxy) is 1. The highest BCUT2D eigenvalue weighted by molar-refractivity contribution is 9.10. The first-order valence-electron chi connectivity index (χ1n) is 8.50. The van der Waals surface area contributed by atoms with E-state index in [1.165, 1.54) is 11.2 Å². The number of benzene rings is 1. The summed E-state index contributed by atoms with van der Waals surface area (Å²) in [6.45, 7) is 6.53. The number of likely N-dealkylation sites (tertiary alicyclic amines) is 1. The Labute approximate surface area is 159 Å². The number of amides is 1. The van der Waals surface area contributed by atoms with Crippen molar-refractivity contribution in [1.29, 1.82) is 0 Å². The van der Waals surface area contributed by atoms with Gasteiger partial charge in [0.15, 0.2) is 0 Å². The van der Waals surface area contributed by atoms with Crippen molar-refractivity contribution in [3.05, 3.63) is 33.3 Å². The van der Waals surface area contributed by atoms with E-state index in [4.69, 9.17) is 4.74 Å². The summed E-state index contributed by atoms with van der Waals surface area (Å²) in [6.07, 6.45) is 1.55. The molecule has 2 heterocycles. The van der Waals surface area contributed by atoms with Crippen molar-refractivity contribution in [3.8, 4) is 5.75 Å². The number of nitrogens with one attached hydrogen (secondary N) is 1. The molecule has 2 aromatic rings. The lowest BCUT2D eigenvalue weighted by atomic mass is 9.80. The van der Waals surface area contributed by atoms with Crippen molar-refractivity contribution in [2.24, 2.45) is 5.41 Å². The lowest BCUT2D eigenvalue weighted by Gasteiger charge is -2.44. The molecule has 1 saturated heterocycles. The number of rotatable bonds is 2. The molecule has 1 aromatic heterocycles. The molecular formula is C18H22BrN3O4. The van der Waals surface area contributed by atoms with Gasteiger partial charge in [-0.2, -0.15) is 0 Å². The molecule has 0 spiro atoms. The van der Waals surface area contributed by atoms with Gasteiger partial charge in [0.05, 0.1) is 21.7 Å². The van der Waals surface area contributed by atoms with Crippen LogP contribution in [-0.2, 0) is 0 Å². The maximum absolute atomic E-state index is 12.0. The van der Waals surface area contributed by atoms with Crippen molar-refractivity contribution >= 4 is 32.9 Å². The Balaban J connectivity index is 1.86. The van der Waals surface area contributed by atoms with Gasteiger partial charge in [0, 0.05) is 25.4 Å². The minimum Gasteiger partial charge on any atom is -0.489 e. The molecule has 1 aromatic carbocycles. The number of H-pyrrole nitrogens is 1. The van der Waals surface area contributed by atoms with Crippen molar-refractivity contribution < 1.29 is 14.6 Å². The van der Waals surface area contributed by atoms with Gasteiger partial charge in [0.2, 0.25) is 0 Å². The van der Waals surface area contributed by atoms with E-state index in [2.05, 4.69) is 25.9 Å². The van der Waals surface area contributed by atoms with Gasteiger partial charge in [0.25, 0.3) is 5.56 Å². The summed E-state index contributed by atoms with van der Waals surface area (Å²) in [5, 5.41) is 9.93. The smallest absolute Gasteiger partial charge is 0.407 e. The second-order valence-corrected chi connectivity index (χ2v) is 8.51. The topological polar surface area (TPSA) is 95.5 Å². The van der Waals surface area contributed by atoms with Crippen molar-refractivity contribution in [3.63, 3.8) is 0 Å². The van der Waals surface area contributed by atoms with Crippen LogP contribution in [0.5, 0.6) is 5.75 Å². The molecule has 2 unspecified atom stereocenters. The average molecular weight is 424 g/mol. The fraction of sp³-hybridized carbons (Fsp3) is 0.500. The number of aromatic nitrogens is 2. The molecule has 1 fully saturated rings. The maximum atomic E-state index is 12.0. The molecule has 3 rings (SSSR count). The standard InChI is InChI=1S/C18H22BrN3O4/c1-18(2,3)15-6-10(4-5-22(15)17(24)25)26-14-7-11-13(8-12(14)19)20-9-21-16(11)23/h7-10,15H,4-6H2,1-3H3,(H,24,25)(H,20,21,23). The van der Waals surface area contributed by atoms with Crippen LogP contribution < -0.4 is 10.3 Å². The minimum absolute atomic E-state index is 0.126. The van der Waals surface area contributed by atoms with Crippen LogP contribution in [0.15, 0.2) is 27.7 Å². The Hall–Kier alpha value is -2.09. The van der Waals surface area contributed by atoms with Crippen LogP contribution in [0.25, 0.3) is 10.9 Å². The third kappa shape index (κ3) is 3.70. The molecule has 0 radical (unpaired) electrons. The molecule has 0 aliphatic carbocycles. The summed E-state index contributed by atoms with van der Waals surface area (Å²) >= 11 is 3.48. The monoisotopic (exact) mass is 423 g/mol. The van der Waals surface area contributed by atoms with E-state index in [1.54, 1.807) is 12.1 Å². The number of hydrogen-bond acceptors (Lipinski definition) is 4. The van der Waals surface area contributed by atoms with Crippen LogP contribution in [0, 0.1) is 5.41 Å². The molecule has 7 nitrogen and oxygen atoms in total. The number of nitrogens with zero attached hydrogens (tertiary/aromatic N) is 2. The van der Waals surface area contributed by atoms with Crippen molar-refractivity contribution in [1.82, 2.24) is 14.9 Å². The Bertz CT molecular complexity index is 890. The van der Waals surface area contributed by atoms with E-state index in [9.17, 15) is 14.7 Å².